The maximum Gasteiger partial charge on any atom is 0.262 e. The fourth-order valence-corrected chi connectivity index (χ4v) is 2.88. The van der Waals surface area contributed by atoms with Gasteiger partial charge in [-0.25, -0.2) is 0 Å². The van der Waals surface area contributed by atoms with Crippen molar-refractivity contribution < 1.29 is 4.79 Å². The molecule has 0 N–H and O–H groups in total. The normalized spacial score (nSPS) is 10.2. The minimum Gasteiger partial charge on any atom is -0.275 e. The fourth-order valence-electron chi connectivity index (χ4n) is 0.901. The zero-order chi connectivity index (χ0) is 9.14. The summed E-state index contributed by atoms with van der Waals surface area (Å²) in [6.07, 6.45) is 2.07. The van der Waals surface area contributed by atoms with Crippen LogP contribution >= 0.6 is 38.9 Å². The van der Waals surface area contributed by atoms with E-state index in [4.69, 9.17) is 11.6 Å². The Morgan fingerprint density at radius 2 is 2.42 bits per heavy atom. The number of hydrogen-bond acceptors (Lipinski definition) is 2. The molecule has 66 valence electrons. The van der Waals surface area contributed by atoms with Gasteiger partial charge >= 0.3 is 0 Å². The number of rotatable bonds is 3. The molecular weight excluding hydrogens is 260 g/mol. The van der Waals surface area contributed by atoms with E-state index in [1.54, 1.807) is 6.07 Å². The highest BCUT2D eigenvalue weighted by molar-refractivity contribution is 9.10. The van der Waals surface area contributed by atoms with Crippen LogP contribution in [0.5, 0.6) is 0 Å². The minimum absolute atomic E-state index is 0.372. The summed E-state index contributed by atoms with van der Waals surface area (Å²) in [6.45, 7) is 2.11. The lowest BCUT2D eigenvalue weighted by molar-refractivity contribution is 0.108. The number of hydrogen-bond donors (Lipinski definition) is 0. The lowest BCUT2D eigenvalue weighted by Gasteiger charge is -1.91. The van der Waals surface area contributed by atoms with Gasteiger partial charge in [-0.3, -0.25) is 4.79 Å². The molecule has 0 aliphatic rings. The van der Waals surface area contributed by atoms with Crippen LogP contribution in [0.1, 0.15) is 27.9 Å². The third-order valence-corrected chi connectivity index (χ3v) is 3.91. The van der Waals surface area contributed by atoms with Crippen molar-refractivity contribution in [3.05, 3.63) is 20.3 Å². The topological polar surface area (TPSA) is 17.1 Å². The fraction of sp³-hybridized carbons (Fsp3) is 0.375. The Hall–Kier alpha value is 0.140. The summed E-state index contributed by atoms with van der Waals surface area (Å²) < 4.78 is 0.998. The third kappa shape index (κ3) is 2.31. The van der Waals surface area contributed by atoms with E-state index in [-0.39, 0.29) is 5.24 Å². The van der Waals surface area contributed by atoms with Crippen LogP contribution in [0, 0.1) is 0 Å². The molecule has 0 saturated carbocycles. The summed E-state index contributed by atoms with van der Waals surface area (Å²) in [5.74, 6) is 0. The lowest BCUT2D eigenvalue weighted by Crippen LogP contribution is -1.79. The van der Waals surface area contributed by atoms with Crippen LogP contribution in [0.2, 0.25) is 0 Å². The monoisotopic (exact) mass is 266 g/mol. The number of halogens is 2. The molecule has 0 aliphatic heterocycles. The Morgan fingerprint density at radius 3 is 2.83 bits per heavy atom. The lowest BCUT2D eigenvalue weighted by atomic mass is 10.3. The Labute approximate surface area is 88.9 Å². The quantitative estimate of drug-likeness (QED) is 0.761. The van der Waals surface area contributed by atoms with E-state index < -0.39 is 0 Å². The van der Waals surface area contributed by atoms with Gasteiger partial charge in [0, 0.05) is 9.35 Å². The van der Waals surface area contributed by atoms with Gasteiger partial charge in [-0.1, -0.05) is 13.3 Å². The van der Waals surface area contributed by atoms with Gasteiger partial charge in [-0.15, -0.1) is 11.3 Å². The van der Waals surface area contributed by atoms with E-state index in [0.717, 1.165) is 17.3 Å². The molecule has 0 fully saturated rings. The molecule has 1 nitrogen and oxygen atoms in total. The summed E-state index contributed by atoms with van der Waals surface area (Å²) in [4.78, 5) is 12.6. The maximum absolute atomic E-state index is 10.8. The second-order valence-electron chi connectivity index (χ2n) is 2.41. The predicted octanol–water partition coefficient (Wildman–Crippen LogP) is 3.84. The highest BCUT2D eigenvalue weighted by Gasteiger charge is 2.10. The van der Waals surface area contributed by atoms with E-state index in [1.807, 2.05) is 0 Å². The first-order valence-electron chi connectivity index (χ1n) is 3.63. The molecule has 0 saturated heterocycles. The number of carbonyl (C=O) groups is 1. The van der Waals surface area contributed by atoms with E-state index >= 15 is 0 Å². The molecule has 0 unspecified atom stereocenters. The predicted molar refractivity (Wildman–Crippen MR) is 56.2 cm³/mol. The molecule has 0 amide bonds. The Morgan fingerprint density at radius 1 is 1.75 bits per heavy atom. The first-order chi connectivity index (χ1) is 5.65. The summed E-state index contributed by atoms with van der Waals surface area (Å²) in [7, 11) is 0. The van der Waals surface area contributed by atoms with Gasteiger partial charge in [-0.05, 0) is 40.0 Å². The maximum atomic E-state index is 10.8. The molecule has 1 aromatic heterocycles. The number of aryl methyl sites for hydroxylation is 1. The summed E-state index contributed by atoms with van der Waals surface area (Å²) in [5, 5.41) is -0.372. The molecule has 0 bridgehead atoms. The zero-order valence-corrected chi connectivity index (χ0v) is 9.72. The molecule has 0 aromatic carbocycles. The first kappa shape index (κ1) is 10.2. The highest BCUT2D eigenvalue weighted by Crippen LogP contribution is 2.29. The Balaban J connectivity index is 2.92. The molecule has 0 radical (unpaired) electrons. The number of thiophene rings is 1. The standard InChI is InChI=1S/C8H8BrClOS/c1-2-3-6-5(9)4-7(12-6)8(10)11/h4H,2-3H2,1H3. The second-order valence-corrected chi connectivity index (χ2v) is 4.74. The molecule has 1 heterocycles. The van der Waals surface area contributed by atoms with E-state index in [1.165, 1.54) is 16.2 Å². The van der Waals surface area contributed by atoms with Crippen molar-refractivity contribution in [2.45, 2.75) is 19.8 Å². The number of carbonyl (C=O) groups excluding carboxylic acids is 1. The van der Waals surface area contributed by atoms with E-state index in [9.17, 15) is 4.79 Å². The Bertz CT molecular complexity index is 295. The van der Waals surface area contributed by atoms with Crippen LogP contribution < -0.4 is 0 Å². The molecule has 4 heteroatoms. The average molecular weight is 268 g/mol. The van der Waals surface area contributed by atoms with Crippen molar-refractivity contribution in [3.63, 3.8) is 0 Å². The van der Waals surface area contributed by atoms with Crippen LogP contribution in [0.15, 0.2) is 10.5 Å². The molecule has 0 spiro atoms. The van der Waals surface area contributed by atoms with Crippen molar-refractivity contribution in [2.24, 2.45) is 0 Å². The van der Waals surface area contributed by atoms with E-state index in [0.29, 0.717) is 4.88 Å². The molecule has 0 atom stereocenters. The van der Waals surface area contributed by atoms with Gasteiger partial charge in [0.15, 0.2) is 0 Å². The molecule has 12 heavy (non-hydrogen) atoms. The molecular formula is C8H8BrClOS. The van der Waals surface area contributed by atoms with E-state index in [2.05, 4.69) is 22.9 Å². The highest BCUT2D eigenvalue weighted by atomic mass is 79.9. The molecule has 1 rings (SSSR count). The molecule has 1 aromatic rings. The van der Waals surface area contributed by atoms with Gasteiger partial charge in [0.2, 0.25) is 0 Å². The smallest absolute Gasteiger partial charge is 0.262 e. The van der Waals surface area contributed by atoms with Crippen molar-refractivity contribution in [2.75, 3.05) is 0 Å². The summed E-state index contributed by atoms with van der Waals surface area (Å²) in [5.41, 5.74) is 0. The zero-order valence-electron chi connectivity index (χ0n) is 6.56. The first-order valence-corrected chi connectivity index (χ1v) is 5.62. The van der Waals surface area contributed by atoms with Gasteiger partial charge in [0.1, 0.15) is 0 Å². The minimum atomic E-state index is -0.372. The van der Waals surface area contributed by atoms with Crippen molar-refractivity contribution >= 4 is 44.1 Å². The van der Waals surface area contributed by atoms with Gasteiger partial charge in [-0.2, -0.15) is 0 Å². The SMILES string of the molecule is CCCc1sc(C(=O)Cl)cc1Br. The summed E-state index contributed by atoms with van der Waals surface area (Å²) >= 11 is 10.2. The van der Waals surface area contributed by atoms with Gasteiger partial charge in [0.25, 0.3) is 5.24 Å². The van der Waals surface area contributed by atoms with Crippen LogP contribution in [0.3, 0.4) is 0 Å². The summed E-state index contributed by atoms with van der Waals surface area (Å²) in [6, 6.07) is 1.78. The van der Waals surface area contributed by atoms with Gasteiger partial charge in [0.05, 0.1) is 4.88 Å². The largest absolute Gasteiger partial charge is 0.275 e. The Kier molecular flexibility index (Phi) is 3.75. The van der Waals surface area contributed by atoms with Crippen LogP contribution in [0.4, 0.5) is 0 Å². The molecule has 0 aliphatic carbocycles. The van der Waals surface area contributed by atoms with Crippen LogP contribution in [-0.4, -0.2) is 5.24 Å². The van der Waals surface area contributed by atoms with Gasteiger partial charge < -0.3 is 0 Å². The van der Waals surface area contributed by atoms with Crippen LogP contribution in [-0.2, 0) is 6.42 Å². The third-order valence-electron chi connectivity index (χ3n) is 1.43. The van der Waals surface area contributed by atoms with Crippen LogP contribution in [0.25, 0.3) is 0 Å². The second kappa shape index (κ2) is 4.40. The van der Waals surface area contributed by atoms with Crippen molar-refractivity contribution in [1.82, 2.24) is 0 Å². The van der Waals surface area contributed by atoms with Crippen molar-refractivity contribution in [1.29, 1.82) is 0 Å². The van der Waals surface area contributed by atoms with Crippen molar-refractivity contribution in [3.8, 4) is 0 Å². The average Bonchev–Trinajstić information content (AvgIpc) is 2.34.